The first kappa shape index (κ1) is 22.4. The Morgan fingerprint density at radius 3 is 2.41 bits per heavy atom. The second kappa shape index (κ2) is 11.2. The van der Waals surface area contributed by atoms with Crippen molar-refractivity contribution in [1.29, 1.82) is 0 Å². The van der Waals surface area contributed by atoms with Crippen LogP contribution in [0.15, 0.2) is 24.3 Å². The van der Waals surface area contributed by atoms with E-state index in [1.807, 2.05) is 0 Å². The number of rotatable bonds is 5. The first-order valence-electron chi connectivity index (χ1n) is 9.50. The number of benzene rings is 1. The van der Waals surface area contributed by atoms with Crippen LogP contribution in [-0.4, -0.2) is 68.3 Å². The molecule has 0 saturated carbocycles. The number of hydrogen-bond donors (Lipinski definition) is 2. The van der Waals surface area contributed by atoms with Gasteiger partial charge in [0.25, 0.3) is 5.91 Å². The van der Waals surface area contributed by atoms with Crippen LogP contribution < -0.4 is 11.1 Å². The van der Waals surface area contributed by atoms with E-state index in [0.717, 1.165) is 31.9 Å². The molecule has 1 amide bonds. The molecular formula is C22H27N3O4. The molecule has 154 valence electrons. The Kier molecular flexibility index (Phi) is 8.69. The minimum atomic E-state index is -0.907. The Balaban J connectivity index is 1.95. The van der Waals surface area contributed by atoms with E-state index in [4.69, 9.17) is 10.5 Å². The Hall–Kier alpha value is -2.84. The Morgan fingerprint density at radius 2 is 1.83 bits per heavy atom. The van der Waals surface area contributed by atoms with E-state index in [1.165, 1.54) is 7.11 Å². The number of nitrogens with two attached hydrogens (primary N) is 1. The molecule has 1 aliphatic heterocycles. The van der Waals surface area contributed by atoms with E-state index in [1.54, 1.807) is 31.2 Å². The molecule has 1 aromatic carbocycles. The number of methoxy groups -OCH3 is 1. The number of hydrogen-bond acceptors (Lipinski definition) is 6. The third kappa shape index (κ3) is 6.92. The Morgan fingerprint density at radius 1 is 1.17 bits per heavy atom. The van der Waals surface area contributed by atoms with Gasteiger partial charge in [-0.15, -0.1) is 0 Å². The Labute approximate surface area is 171 Å². The molecule has 1 heterocycles. The van der Waals surface area contributed by atoms with E-state index >= 15 is 0 Å². The van der Waals surface area contributed by atoms with Crippen LogP contribution in [0.25, 0.3) is 0 Å². The number of amides is 1. The number of esters is 1. The van der Waals surface area contributed by atoms with Gasteiger partial charge < -0.3 is 20.5 Å². The Bertz CT molecular complexity index is 822. The maximum absolute atomic E-state index is 12.3. The highest BCUT2D eigenvalue weighted by atomic mass is 16.5. The van der Waals surface area contributed by atoms with Gasteiger partial charge in [-0.25, -0.2) is 4.79 Å². The minimum Gasteiger partial charge on any atom is -0.467 e. The molecule has 3 N–H and O–H groups in total. The van der Waals surface area contributed by atoms with Gasteiger partial charge in [-0.05, 0) is 50.0 Å². The SMILES string of the molecule is COC(=O)C(NC(=O)c1ccc(C#CC#C[C@@H](C)N2CCOCC2)cc1)C(C)N. The van der Waals surface area contributed by atoms with Gasteiger partial charge in [0.15, 0.2) is 0 Å². The molecule has 7 heteroatoms. The summed E-state index contributed by atoms with van der Waals surface area (Å²) in [5.41, 5.74) is 6.89. The smallest absolute Gasteiger partial charge is 0.329 e. The lowest BCUT2D eigenvalue weighted by Crippen LogP contribution is -2.51. The van der Waals surface area contributed by atoms with Gasteiger partial charge in [0.1, 0.15) is 6.04 Å². The van der Waals surface area contributed by atoms with Gasteiger partial charge in [-0.1, -0.05) is 11.8 Å². The summed E-state index contributed by atoms with van der Waals surface area (Å²) in [4.78, 5) is 26.3. The zero-order valence-corrected chi connectivity index (χ0v) is 17.0. The zero-order valence-electron chi connectivity index (χ0n) is 17.0. The van der Waals surface area contributed by atoms with Crippen molar-refractivity contribution in [2.75, 3.05) is 33.4 Å². The lowest BCUT2D eigenvalue weighted by molar-refractivity contribution is -0.143. The molecule has 29 heavy (non-hydrogen) atoms. The molecule has 1 saturated heterocycles. The highest BCUT2D eigenvalue weighted by Crippen LogP contribution is 2.05. The molecule has 2 rings (SSSR count). The third-order valence-corrected chi connectivity index (χ3v) is 4.56. The summed E-state index contributed by atoms with van der Waals surface area (Å²) in [5.74, 6) is 10.8. The van der Waals surface area contributed by atoms with Gasteiger partial charge in [0, 0.05) is 30.3 Å². The highest BCUT2D eigenvalue weighted by molar-refractivity contribution is 5.97. The lowest BCUT2D eigenvalue weighted by Gasteiger charge is -2.29. The number of carbonyl (C=O) groups excluding carboxylic acids is 2. The number of ether oxygens (including phenoxy) is 2. The fraction of sp³-hybridized carbons (Fsp3) is 0.455. The summed E-state index contributed by atoms with van der Waals surface area (Å²) in [6.07, 6.45) is 0. The molecule has 2 unspecified atom stereocenters. The molecule has 7 nitrogen and oxygen atoms in total. The number of morpholine rings is 1. The quantitative estimate of drug-likeness (QED) is 0.551. The summed E-state index contributed by atoms with van der Waals surface area (Å²) in [6, 6.07) is 5.39. The average Bonchev–Trinajstić information content (AvgIpc) is 2.75. The maximum Gasteiger partial charge on any atom is 0.329 e. The van der Waals surface area contributed by atoms with Crippen molar-refractivity contribution in [3.05, 3.63) is 35.4 Å². The van der Waals surface area contributed by atoms with Crippen molar-refractivity contribution in [2.24, 2.45) is 5.73 Å². The van der Waals surface area contributed by atoms with Crippen LogP contribution in [0.2, 0.25) is 0 Å². The summed E-state index contributed by atoms with van der Waals surface area (Å²) in [6.45, 7) is 6.92. The largest absolute Gasteiger partial charge is 0.467 e. The van der Waals surface area contributed by atoms with Crippen LogP contribution >= 0.6 is 0 Å². The second-order valence-electron chi connectivity index (χ2n) is 6.75. The van der Waals surface area contributed by atoms with Crippen LogP contribution in [0.1, 0.15) is 29.8 Å². The molecule has 0 radical (unpaired) electrons. The average molecular weight is 397 g/mol. The molecule has 0 spiro atoms. The molecule has 0 aliphatic carbocycles. The van der Waals surface area contributed by atoms with E-state index in [-0.39, 0.29) is 6.04 Å². The molecule has 1 aromatic rings. The molecule has 3 atom stereocenters. The van der Waals surface area contributed by atoms with Crippen LogP contribution in [0.4, 0.5) is 0 Å². The van der Waals surface area contributed by atoms with Gasteiger partial charge in [0.05, 0.1) is 26.4 Å². The van der Waals surface area contributed by atoms with Crippen LogP contribution in [-0.2, 0) is 14.3 Å². The van der Waals surface area contributed by atoms with E-state index in [2.05, 4.69) is 45.6 Å². The fourth-order valence-corrected chi connectivity index (χ4v) is 2.76. The van der Waals surface area contributed by atoms with Crippen molar-refractivity contribution in [3.63, 3.8) is 0 Å². The second-order valence-corrected chi connectivity index (χ2v) is 6.75. The molecule has 0 aromatic heterocycles. The number of carbonyl (C=O) groups is 2. The van der Waals surface area contributed by atoms with Crippen LogP contribution in [0.5, 0.6) is 0 Å². The predicted molar refractivity (Wildman–Crippen MR) is 110 cm³/mol. The van der Waals surface area contributed by atoms with Gasteiger partial charge in [-0.2, -0.15) is 0 Å². The maximum atomic E-state index is 12.3. The summed E-state index contributed by atoms with van der Waals surface area (Å²) in [7, 11) is 1.25. The van der Waals surface area contributed by atoms with Gasteiger partial charge >= 0.3 is 5.97 Å². The van der Waals surface area contributed by atoms with Crippen molar-refractivity contribution in [3.8, 4) is 23.7 Å². The summed E-state index contributed by atoms with van der Waals surface area (Å²) in [5, 5.41) is 2.59. The summed E-state index contributed by atoms with van der Waals surface area (Å²) >= 11 is 0. The first-order chi connectivity index (χ1) is 13.9. The van der Waals surface area contributed by atoms with Gasteiger partial charge in [-0.3, -0.25) is 9.69 Å². The van der Waals surface area contributed by atoms with Crippen molar-refractivity contribution < 1.29 is 19.1 Å². The van der Waals surface area contributed by atoms with Crippen molar-refractivity contribution in [2.45, 2.75) is 32.0 Å². The lowest BCUT2D eigenvalue weighted by atomic mass is 10.1. The monoisotopic (exact) mass is 397 g/mol. The van der Waals surface area contributed by atoms with Crippen LogP contribution in [0, 0.1) is 23.7 Å². The zero-order chi connectivity index (χ0) is 21.2. The van der Waals surface area contributed by atoms with E-state index < -0.39 is 24.0 Å². The van der Waals surface area contributed by atoms with Gasteiger partial charge in [0.2, 0.25) is 0 Å². The summed E-state index contributed by atoms with van der Waals surface area (Å²) < 4.78 is 10.0. The third-order valence-electron chi connectivity index (χ3n) is 4.56. The van der Waals surface area contributed by atoms with Crippen molar-refractivity contribution >= 4 is 11.9 Å². The topological polar surface area (TPSA) is 93.9 Å². The predicted octanol–water partition coefficient (Wildman–Crippen LogP) is 0.381. The first-order valence-corrected chi connectivity index (χ1v) is 9.50. The normalized spacial score (nSPS) is 16.8. The van der Waals surface area contributed by atoms with Crippen LogP contribution in [0.3, 0.4) is 0 Å². The highest BCUT2D eigenvalue weighted by Gasteiger charge is 2.25. The fourth-order valence-electron chi connectivity index (χ4n) is 2.76. The standard InChI is InChI=1S/C22H27N3O4/c1-16(25-12-14-29-15-13-25)6-4-5-7-18-8-10-19(11-9-18)21(26)24-20(17(2)23)22(27)28-3/h8-11,16-17,20H,12-15,23H2,1-3H3,(H,24,26)/t16-,17?,20?/m1/s1. The molecule has 0 bridgehead atoms. The number of nitrogens with zero attached hydrogens (tertiary/aromatic N) is 1. The minimum absolute atomic E-state index is 0.131. The molecular weight excluding hydrogens is 370 g/mol. The molecule has 1 aliphatic rings. The van der Waals surface area contributed by atoms with Crippen molar-refractivity contribution in [1.82, 2.24) is 10.2 Å². The molecule has 1 fully saturated rings. The number of nitrogens with one attached hydrogen (secondary N) is 1. The van der Waals surface area contributed by atoms with E-state index in [0.29, 0.717) is 5.56 Å². The van der Waals surface area contributed by atoms with E-state index in [9.17, 15) is 9.59 Å².